The molecular weight excluding hydrogens is 190 g/mol. The van der Waals surface area contributed by atoms with Gasteiger partial charge in [-0.1, -0.05) is 0 Å². The molecule has 0 radical (unpaired) electrons. The quantitative estimate of drug-likeness (QED) is 0.658. The fourth-order valence-electron chi connectivity index (χ4n) is 2.33. The van der Waals surface area contributed by atoms with Gasteiger partial charge in [0, 0.05) is 19.2 Å². The Hall–Kier alpha value is -0.830. The number of allylic oxidation sites excluding steroid dienone is 1. The van der Waals surface area contributed by atoms with E-state index in [1.807, 2.05) is 6.20 Å². The summed E-state index contributed by atoms with van der Waals surface area (Å²) in [5.74, 6) is 0.223. The van der Waals surface area contributed by atoms with E-state index in [0.717, 1.165) is 13.0 Å². The SMILES string of the molecule is CC(C)(C)O[C@H]1CCN2C=CC(=O)C[C@H]12. The highest BCUT2D eigenvalue weighted by molar-refractivity contribution is 5.90. The molecule has 0 unspecified atom stereocenters. The van der Waals surface area contributed by atoms with Crippen LogP contribution in [0.5, 0.6) is 0 Å². The van der Waals surface area contributed by atoms with Gasteiger partial charge < -0.3 is 9.64 Å². The van der Waals surface area contributed by atoms with Gasteiger partial charge in [-0.05, 0) is 33.3 Å². The number of ketones is 1. The van der Waals surface area contributed by atoms with Gasteiger partial charge in [-0.3, -0.25) is 4.79 Å². The highest BCUT2D eigenvalue weighted by Crippen LogP contribution is 2.29. The van der Waals surface area contributed by atoms with Crippen LogP contribution in [-0.2, 0) is 9.53 Å². The predicted octanol–water partition coefficient (Wildman–Crippen LogP) is 1.73. The summed E-state index contributed by atoms with van der Waals surface area (Å²) in [6, 6.07) is 0.265. The average Bonchev–Trinajstić information content (AvgIpc) is 2.46. The second-order valence-electron chi connectivity index (χ2n) is 5.35. The van der Waals surface area contributed by atoms with E-state index in [1.165, 1.54) is 0 Å². The molecule has 1 saturated heterocycles. The van der Waals surface area contributed by atoms with E-state index in [9.17, 15) is 4.79 Å². The maximum atomic E-state index is 11.3. The largest absolute Gasteiger partial charge is 0.371 e. The second-order valence-corrected chi connectivity index (χ2v) is 5.35. The van der Waals surface area contributed by atoms with E-state index in [4.69, 9.17) is 4.74 Å². The first-order valence-corrected chi connectivity index (χ1v) is 5.60. The molecule has 0 aromatic rings. The minimum Gasteiger partial charge on any atom is -0.371 e. The van der Waals surface area contributed by atoms with Crippen molar-refractivity contribution in [2.75, 3.05) is 6.54 Å². The van der Waals surface area contributed by atoms with E-state index in [2.05, 4.69) is 25.7 Å². The minimum absolute atomic E-state index is 0.120. The van der Waals surface area contributed by atoms with Crippen molar-refractivity contribution in [2.24, 2.45) is 0 Å². The summed E-state index contributed by atoms with van der Waals surface area (Å²) in [5.41, 5.74) is -0.120. The first kappa shape index (κ1) is 10.7. The van der Waals surface area contributed by atoms with Crippen LogP contribution in [0.3, 0.4) is 0 Å². The lowest BCUT2D eigenvalue weighted by molar-refractivity contribution is -0.119. The minimum atomic E-state index is -0.120. The molecule has 0 N–H and O–H groups in total. The number of ether oxygens (including phenoxy) is 1. The van der Waals surface area contributed by atoms with Crippen LogP contribution in [0.15, 0.2) is 12.3 Å². The van der Waals surface area contributed by atoms with Crippen LogP contribution in [0.4, 0.5) is 0 Å². The van der Waals surface area contributed by atoms with Gasteiger partial charge in [-0.15, -0.1) is 0 Å². The first-order chi connectivity index (χ1) is 6.96. The van der Waals surface area contributed by atoms with Crippen molar-refractivity contribution in [1.29, 1.82) is 0 Å². The second kappa shape index (κ2) is 3.63. The zero-order valence-electron chi connectivity index (χ0n) is 9.69. The van der Waals surface area contributed by atoms with Crippen molar-refractivity contribution in [1.82, 2.24) is 4.90 Å². The lowest BCUT2D eigenvalue weighted by Gasteiger charge is -2.32. The van der Waals surface area contributed by atoms with Gasteiger partial charge in [0.15, 0.2) is 5.78 Å². The molecular formula is C12H19NO2. The van der Waals surface area contributed by atoms with Gasteiger partial charge in [-0.25, -0.2) is 0 Å². The smallest absolute Gasteiger partial charge is 0.159 e. The van der Waals surface area contributed by atoms with Crippen LogP contribution in [0.1, 0.15) is 33.6 Å². The van der Waals surface area contributed by atoms with Crippen LogP contribution < -0.4 is 0 Å². The Morgan fingerprint density at radius 1 is 1.47 bits per heavy atom. The normalized spacial score (nSPS) is 30.9. The van der Waals surface area contributed by atoms with Crippen molar-refractivity contribution in [2.45, 2.75) is 51.4 Å². The molecule has 2 aliphatic rings. The predicted molar refractivity (Wildman–Crippen MR) is 58.5 cm³/mol. The summed E-state index contributed by atoms with van der Waals surface area (Å²) in [7, 11) is 0. The molecule has 0 bridgehead atoms. The molecule has 0 saturated carbocycles. The number of nitrogens with zero attached hydrogens (tertiary/aromatic N) is 1. The Morgan fingerprint density at radius 3 is 2.87 bits per heavy atom. The molecule has 15 heavy (non-hydrogen) atoms. The Balaban J connectivity index is 2.05. The number of carbonyl (C=O) groups is 1. The van der Waals surface area contributed by atoms with Crippen LogP contribution >= 0.6 is 0 Å². The molecule has 0 spiro atoms. The topological polar surface area (TPSA) is 29.5 Å². The molecule has 0 amide bonds. The fraction of sp³-hybridized carbons (Fsp3) is 0.750. The van der Waals surface area contributed by atoms with E-state index in [-0.39, 0.29) is 23.5 Å². The van der Waals surface area contributed by atoms with Crippen LogP contribution in [0.25, 0.3) is 0 Å². The molecule has 3 heteroatoms. The third-order valence-corrected chi connectivity index (χ3v) is 2.89. The van der Waals surface area contributed by atoms with Crippen molar-refractivity contribution in [3.63, 3.8) is 0 Å². The van der Waals surface area contributed by atoms with Gasteiger partial charge in [0.1, 0.15) is 0 Å². The maximum absolute atomic E-state index is 11.3. The molecule has 2 aliphatic heterocycles. The summed E-state index contributed by atoms with van der Waals surface area (Å²) in [6.07, 6.45) is 5.44. The first-order valence-electron chi connectivity index (χ1n) is 5.60. The third-order valence-electron chi connectivity index (χ3n) is 2.89. The molecule has 84 valence electrons. The van der Waals surface area contributed by atoms with E-state index >= 15 is 0 Å². The molecule has 0 aliphatic carbocycles. The van der Waals surface area contributed by atoms with Gasteiger partial charge in [0.05, 0.1) is 17.7 Å². The molecule has 2 rings (SSSR count). The molecule has 1 fully saturated rings. The van der Waals surface area contributed by atoms with Crippen LogP contribution in [0, 0.1) is 0 Å². The maximum Gasteiger partial charge on any atom is 0.159 e. The Morgan fingerprint density at radius 2 is 2.20 bits per heavy atom. The average molecular weight is 209 g/mol. The monoisotopic (exact) mass is 209 g/mol. The number of hydrogen-bond acceptors (Lipinski definition) is 3. The van der Waals surface area contributed by atoms with Crippen molar-refractivity contribution in [3.8, 4) is 0 Å². The standard InChI is InChI=1S/C12H19NO2/c1-12(2,3)15-11-5-7-13-6-4-9(14)8-10(11)13/h4,6,10-11H,5,7-8H2,1-3H3/t10-,11+/m1/s1. The lowest BCUT2D eigenvalue weighted by atomic mass is 10.0. The zero-order valence-corrected chi connectivity index (χ0v) is 9.69. The summed E-state index contributed by atoms with van der Waals surface area (Å²) >= 11 is 0. The molecule has 0 aromatic carbocycles. The Kier molecular flexibility index (Phi) is 2.59. The molecule has 2 atom stereocenters. The van der Waals surface area contributed by atoms with E-state index < -0.39 is 0 Å². The zero-order chi connectivity index (χ0) is 11.1. The highest BCUT2D eigenvalue weighted by atomic mass is 16.5. The number of fused-ring (bicyclic) bond motifs is 1. The molecule has 3 nitrogen and oxygen atoms in total. The number of carbonyl (C=O) groups excluding carboxylic acids is 1. The Labute approximate surface area is 91.1 Å². The van der Waals surface area contributed by atoms with Crippen molar-refractivity contribution < 1.29 is 9.53 Å². The molecule has 2 heterocycles. The van der Waals surface area contributed by atoms with Gasteiger partial charge in [0.2, 0.25) is 0 Å². The highest BCUT2D eigenvalue weighted by Gasteiger charge is 2.38. The number of rotatable bonds is 1. The van der Waals surface area contributed by atoms with E-state index in [0.29, 0.717) is 6.42 Å². The Bertz CT molecular complexity index is 290. The van der Waals surface area contributed by atoms with E-state index in [1.54, 1.807) is 6.08 Å². The lowest BCUT2D eigenvalue weighted by Crippen LogP contribution is -2.40. The van der Waals surface area contributed by atoms with Crippen molar-refractivity contribution >= 4 is 5.78 Å². The fourth-order valence-corrected chi connectivity index (χ4v) is 2.33. The third kappa shape index (κ3) is 2.40. The van der Waals surface area contributed by atoms with Crippen molar-refractivity contribution in [3.05, 3.63) is 12.3 Å². The summed E-state index contributed by atoms with van der Waals surface area (Å²) in [4.78, 5) is 13.6. The molecule has 0 aromatic heterocycles. The van der Waals surface area contributed by atoms with Crippen LogP contribution in [-0.4, -0.2) is 35.0 Å². The van der Waals surface area contributed by atoms with Gasteiger partial charge in [0.25, 0.3) is 0 Å². The summed E-state index contributed by atoms with van der Waals surface area (Å²) < 4.78 is 5.99. The van der Waals surface area contributed by atoms with Gasteiger partial charge >= 0.3 is 0 Å². The number of hydrogen-bond donors (Lipinski definition) is 0. The van der Waals surface area contributed by atoms with Gasteiger partial charge in [-0.2, -0.15) is 0 Å². The van der Waals surface area contributed by atoms with Crippen LogP contribution in [0.2, 0.25) is 0 Å². The summed E-state index contributed by atoms with van der Waals surface area (Å²) in [6.45, 7) is 7.21. The summed E-state index contributed by atoms with van der Waals surface area (Å²) in [5, 5.41) is 0.